The van der Waals surface area contributed by atoms with Crippen molar-refractivity contribution in [2.75, 3.05) is 20.6 Å². The predicted octanol–water partition coefficient (Wildman–Crippen LogP) is 2.55. The summed E-state index contributed by atoms with van der Waals surface area (Å²) in [6.45, 7) is 12.1. The second kappa shape index (κ2) is 6.95. The minimum Gasteiger partial charge on any atom is -0.349 e. The minimum absolute atomic E-state index is 0.567. The third-order valence-electron chi connectivity index (χ3n) is 3.64. The van der Waals surface area contributed by atoms with Crippen LogP contribution in [0.5, 0.6) is 0 Å². The fourth-order valence-electron chi connectivity index (χ4n) is 2.38. The molecule has 1 N–H and O–H groups in total. The molecule has 3 nitrogen and oxygen atoms in total. The van der Waals surface area contributed by atoms with Crippen molar-refractivity contribution in [2.24, 2.45) is 0 Å². The molecular formula is C15H29N3. The van der Waals surface area contributed by atoms with E-state index >= 15 is 0 Å². The summed E-state index contributed by atoms with van der Waals surface area (Å²) in [5.74, 6) is 0. The molecule has 0 radical (unpaired) electrons. The summed E-state index contributed by atoms with van der Waals surface area (Å²) >= 11 is 0. The van der Waals surface area contributed by atoms with Crippen LogP contribution >= 0.6 is 0 Å². The Balaban J connectivity index is 2.48. The summed E-state index contributed by atoms with van der Waals surface area (Å²) in [6, 6.07) is 2.88. The Labute approximate surface area is 112 Å². The van der Waals surface area contributed by atoms with Gasteiger partial charge in [-0.15, -0.1) is 0 Å². The summed E-state index contributed by atoms with van der Waals surface area (Å²) in [4.78, 5) is 2.24. The molecule has 0 aliphatic carbocycles. The lowest BCUT2D eigenvalue weighted by Gasteiger charge is -2.16. The van der Waals surface area contributed by atoms with Gasteiger partial charge in [0.05, 0.1) is 0 Å². The number of nitrogens with zero attached hydrogens (tertiary/aromatic N) is 2. The van der Waals surface area contributed by atoms with Gasteiger partial charge in [-0.2, -0.15) is 0 Å². The van der Waals surface area contributed by atoms with Crippen molar-refractivity contribution >= 4 is 0 Å². The molecule has 0 aromatic carbocycles. The van der Waals surface area contributed by atoms with Gasteiger partial charge in [0.15, 0.2) is 0 Å². The molecule has 0 bridgehead atoms. The van der Waals surface area contributed by atoms with E-state index in [9.17, 15) is 0 Å². The number of nitrogens with one attached hydrogen (secondary N) is 1. The van der Waals surface area contributed by atoms with Crippen LogP contribution in [0.25, 0.3) is 0 Å². The number of aryl methyl sites for hydroxylation is 1. The molecule has 0 aliphatic rings. The van der Waals surface area contributed by atoms with Gasteiger partial charge in [0.25, 0.3) is 0 Å². The quantitative estimate of drug-likeness (QED) is 0.803. The molecule has 1 atom stereocenters. The van der Waals surface area contributed by atoms with E-state index in [1.807, 2.05) is 0 Å². The van der Waals surface area contributed by atoms with Gasteiger partial charge < -0.3 is 14.8 Å². The van der Waals surface area contributed by atoms with Crippen LogP contribution in [0.15, 0.2) is 6.07 Å². The molecule has 1 rings (SSSR count). The maximum Gasteiger partial charge on any atom is 0.0225 e. The first-order valence-corrected chi connectivity index (χ1v) is 6.99. The average Bonchev–Trinajstić information content (AvgIpc) is 2.58. The van der Waals surface area contributed by atoms with Gasteiger partial charge in [-0.3, -0.25) is 0 Å². The topological polar surface area (TPSA) is 20.2 Å². The normalized spacial score (nSPS) is 13.3. The van der Waals surface area contributed by atoms with Gasteiger partial charge >= 0.3 is 0 Å². The van der Waals surface area contributed by atoms with Crippen molar-refractivity contribution in [2.45, 2.75) is 53.2 Å². The SMILES string of the molecule is CCn1c(C)cc(CNC(C)CCN(C)C)c1C. The van der Waals surface area contributed by atoms with Gasteiger partial charge in [0.1, 0.15) is 0 Å². The lowest BCUT2D eigenvalue weighted by atomic mass is 10.2. The van der Waals surface area contributed by atoms with Crippen molar-refractivity contribution < 1.29 is 0 Å². The third-order valence-corrected chi connectivity index (χ3v) is 3.64. The zero-order chi connectivity index (χ0) is 13.7. The summed E-state index contributed by atoms with van der Waals surface area (Å²) in [5, 5.41) is 3.62. The fraction of sp³-hybridized carbons (Fsp3) is 0.733. The van der Waals surface area contributed by atoms with Crippen molar-refractivity contribution in [3.8, 4) is 0 Å². The largest absolute Gasteiger partial charge is 0.349 e. The van der Waals surface area contributed by atoms with Gasteiger partial charge in [0.2, 0.25) is 0 Å². The molecule has 0 spiro atoms. The third kappa shape index (κ3) is 4.14. The second-order valence-corrected chi connectivity index (χ2v) is 5.51. The van der Waals surface area contributed by atoms with E-state index in [0.29, 0.717) is 6.04 Å². The van der Waals surface area contributed by atoms with Crippen LogP contribution in [-0.2, 0) is 13.1 Å². The highest BCUT2D eigenvalue weighted by atomic mass is 15.1. The highest BCUT2D eigenvalue weighted by Gasteiger charge is 2.09. The van der Waals surface area contributed by atoms with Crippen LogP contribution in [-0.4, -0.2) is 36.1 Å². The molecule has 1 unspecified atom stereocenters. The van der Waals surface area contributed by atoms with Gasteiger partial charge in [-0.1, -0.05) is 0 Å². The highest BCUT2D eigenvalue weighted by Crippen LogP contribution is 2.14. The first-order chi connectivity index (χ1) is 8.45. The first-order valence-electron chi connectivity index (χ1n) is 6.99. The first kappa shape index (κ1) is 15.3. The summed E-state index contributed by atoms with van der Waals surface area (Å²) in [5.41, 5.74) is 4.21. The van der Waals surface area contributed by atoms with Crippen LogP contribution in [0.3, 0.4) is 0 Å². The zero-order valence-electron chi connectivity index (χ0n) is 12.9. The van der Waals surface area contributed by atoms with Gasteiger partial charge in [-0.25, -0.2) is 0 Å². The molecule has 3 heteroatoms. The van der Waals surface area contributed by atoms with Crippen LogP contribution in [0.4, 0.5) is 0 Å². The number of hydrogen-bond acceptors (Lipinski definition) is 2. The van der Waals surface area contributed by atoms with Crippen LogP contribution in [0.1, 0.15) is 37.2 Å². The maximum atomic E-state index is 3.62. The number of hydrogen-bond donors (Lipinski definition) is 1. The minimum atomic E-state index is 0.567. The monoisotopic (exact) mass is 251 g/mol. The smallest absolute Gasteiger partial charge is 0.0225 e. The second-order valence-electron chi connectivity index (χ2n) is 5.51. The van der Waals surface area contributed by atoms with E-state index in [1.165, 1.54) is 23.4 Å². The molecular weight excluding hydrogens is 222 g/mol. The Kier molecular flexibility index (Phi) is 5.89. The molecule has 0 aliphatic heterocycles. The lowest BCUT2D eigenvalue weighted by Crippen LogP contribution is -2.29. The number of aromatic nitrogens is 1. The van der Waals surface area contributed by atoms with Crippen LogP contribution in [0.2, 0.25) is 0 Å². The molecule has 104 valence electrons. The van der Waals surface area contributed by atoms with Crippen LogP contribution < -0.4 is 5.32 Å². The number of rotatable bonds is 7. The van der Waals surface area contributed by atoms with Crippen molar-refractivity contribution in [1.82, 2.24) is 14.8 Å². The average molecular weight is 251 g/mol. The predicted molar refractivity (Wildman–Crippen MR) is 79.1 cm³/mol. The van der Waals surface area contributed by atoms with E-state index in [4.69, 9.17) is 0 Å². The van der Waals surface area contributed by atoms with Crippen molar-refractivity contribution in [3.63, 3.8) is 0 Å². The molecule has 1 heterocycles. The van der Waals surface area contributed by atoms with Gasteiger partial charge in [-0.05, 0) is 66.4 Å². The van der Waals surface area contributed by atoms with Crippen molar-refractivity contribution in [3.05, 3.63) is 23.0 Å². The Bertz CT molecular complexity index is 366. The molecule has 0 saturated carbocycles. The molecule has 18 heavy (non-hydrogen) atoms. The lowest BCUT2D eigenvalue weighted by molar-refractivity contribution is 0.365. The Morgan fingerprint density at radius 2 is 2.00 bits per heavy atom. The standard InChI is InChI=1S/C15H29N3/c1-7-18-13(3)10-15(14(18)4)11-16-12(2)8-9-17(5)6/h10,12,16H,7-9,11H2,1-6H3. The molecule has 1 aromatic rings. The maximum absolute atomic E-state index is 3.62. The zero-order valence-corrected chi connectivity index (χ0v) is 12.9. The van der Waals surface area contributed by atoms with Crippen molar-refractivity contribution in [1.29, 1.82) is 0 Å². The Morgan fingerprint density at radius 3 is 2.50 bits per heavy atom. The molecule has 0 amide bonds. The summed E-state index contributed by atoms with van der Waals surface area (Å²) in [7, 11) is 4.25. The van der Waals surface area contributed by atoms with E-state index in [0.717, 1.165) is 19.6 Å². The van der Waals surface area contributed by atoms with E-state index in [2.05, 4.69) is 62.6 Å². The van der Waals surface area contributed by atoms with E-state index in [1.54, 1.807) is 0 Å². The summed E-state index contributed by atoms with van der Waals surface area (Å²) < 4.78 is 2.38. The molecule has 0 fully saturated rings. The molecule has 1 aromatic heterocycles. The Hall–Kier alpha value is -0.800. The van der Waals surface area contributed by atoms with E-state index in [-0.39, 0.29) is 0 Å². The Morgan fingerprint density at radius 1 is 1.33 bits per heavy atom. The molecule has 0 saturated heterocycles. The highest BCUT2D eigenvalue weighted by molar-refractivity contribution is 5.26. The fourth-order valence-corrected chi connectivity index (χ4v) is 2.38. The van der Waals surface area contributed by atoms with Gasteiger partial charge in [0, 0.05) is 30.5 Å². The van der Waals surface area contributed by atoms with E-state index < -0.39 is 0 Å². The summed E-state index contributed by atoms with van der Waals surface area (Å²) in [6.07, 6.45) is 1.19. The van der Waals surface area contributed by atoms with Crippen LogP contribution in [0, 0.1) is 13.8 Å².